The summed E-state index contributed by atoms with van der Waals surface area (Å²) in [4.78, 5) is 15.9. The van der Waals surface area contributed by atoms with E-state index in [0.717, 1.165) is 22.4 Å². The predicted octanol–water partition coefficient (Wildman–Crippen LogP) is 4.81. The minimum atomic E-state index is -0.396. The highest BCUT2D eigenvalue weighted by atomic mass is 35.5. The van der Waals surface area contributed by atoms with Crippen molar-refractivity contribution in [3.63, 3.8) is 0 Å². The number of carbonyl (C=O) groups excluding carboxylic acids is 1. The van der Waals surface area contributed by atoms with Crippen molar-refractivity contribution in [2.75, 3.05) is 0 Å². The van der Waals surface area contributed by atoms with Gasteiger partial charge in [-0.15, -0.1) is 35.6 Å². The molecule has 0 aliphatic heterocycles. The van der Waals surface area contributed by atoms with Crippen LogP contribution in [0.5, 0.6) is 5.75 Å². The van der Waals surface area contributed by atoms with Gasteiger partial charge in [-0.2, -0.15) is 0 Å². The summed E-state index contributed by atoms with van der Waals surface area (Å²) in [5, 5.41) is 0. The van der Waals surface area contributed by atoms with Gasteiger partial charge in [-0.05, 0) is 18.1 Å². The molecule has 1 aromatic heterocycles. The summed E-state index contributed by atoms with van der Waals surface area (Å²) >= 11 is 12.2. The van der Waals surface area contributed by atoms with Crippen molar-refractivity contribution in [1.29, 1.82) is 0 Å². The van der Waals surface area contributed by atoms with Crippen LogP contribution >= 0.6 is 35.6 Å². The standard InChI is InChI=1S/C17H17Cl2NO2.ClH/c1-11-17(22-12(2)21)15(10-19)14(9-18)16(20-11)8-13-6-4-3-5-7-13;/h3-7H,8-10H2,1-2H3;1H. The molecule has 124 valence electrons. The molecule has 6 heteroatoms. The Balaban J connectivity index is 0.00000264. The molecule has 23 heavy (non-hydrogen) atoms. The Kier molecular flexibility index (Phi) is 7.83. The zero-order valence-electron chi connectivity index (χ0n) is 12.9. The van der Waals surface area contributed by atoms with Crippen LogP contribution in [-0.4, -0.2) is 11.0 Å². The second-order valence-corrected chi connectivity index (χ2v) is 5.49. The maximum Gasteiger partial charge on any atom is 0.308 e. The number of rotatable bonds is 5. The van der Waals surface area contributed by atoms with Crippen molar-refractivity contribution in [3.05, 3.63) is 58.4 Å². The van der Waals surface area contributed by atoms with E-state index in [2.05, 4.69) is 4.98 Å². The van der Waals surface area contributed by atoms with Gasteiger partial charge in [0.1, 0.15) is 0 Å². The van der Waals surface area contributed by atoms with Gasteiger partial charge >= 0.3 is 5.97 Å². The summed E-state index contributed by atoms with van der Waals surface area (Å²) in [6.07, 6.45) is 0.661. The van der Waals surface area contributed by atoms with Crippen molar-refractivity contribution in [1.82, 2.24) is 4.98 Å². The Bertz CT molecular complexity index is 675. The number of halogens is 3. The van der Waals surface area contributed by atoms with E-state index in [4.69, 9.17) is 27.9 Å². The van der Waals surface area contributed by atoms with Gasteiger partial charge < -0.3 is 4.74 Å². The molecule has 0 N–H and O–H groups in total. The van der Waals surface area contributed by atoms with Crippen LogP contribution in [0.1, 0.15) is 35.0 Å². The first-order valence-corrected chi connectivity index (χ1v) is 7.99. The molecule has 0 bridgehead atoms. The highest BCUT2D eigenvalue weighted by Gasteiger charge is 2.19. The molecule has 1 aromatic carbocycles. The summed E-state index contributed by atoms with van der Waals surface area (Å²) in [7, 11) is 0. The van der Waals surface area contributed by atoms with E-state index in [-0.39, 0.29) is 24.2 Å². The average molecular weight is 375 g/mol. The Hall–Kier alpha value is -1.29. The van der Waals surface area contributed by atoms with E-state index in [9.17, 15) is 4.79 Å². The topological polar surface area (TPSA) is 39.2 Å². The van der Waals surface area contributed by atoms with Crippen LogP contribution in [-0.2, 0) is 23.0 Å². The molecule has 0 amide bonds. The van der Waals surface area contributed by atoms with E-state index >= 15 is 0 Å². The third kappa shape index (κ3) is 4.84. The van der Waals surface area contributed by atoms with Crippen LogP contribution in [0, 0.1) is 6.92 Å². The number of aromatic nitrogens is 1. The maximum absolute atomic E-state index is 11.3. The van der Waals surface area contributed by atoms with E-state index in [1.165, 1.54) is 6.92 Å². The van der Waals surface area contributed by atoms with Crippen LogP contribution in [0.4, 0.5) is 0 Å². The van der Waals surface area contributed by atoms with Crippen LogP contribution < -0.4 is 4.74 Å². The van der Waals surface area contributed by atoms with Gasteiger partial charge in [0, 0.05) is 24.8 Å². The van der Waals surface area contributed by atoms with Crippen LogP contribution in [0.2, 0.25) is 0 Å². The van der Waals surface area contributed by atoms with E-state index < -0.39 is 5.97 Å². The Morgan fingerprint density at radius 1 is 1.13 bits per heavy atom. The fraction of sp³-hybridized carbons (Fsp3) is 0.294. The predicted molar refractivity (Wildman–Crippen MR) is 95.9 cm³/mol. The lowest BCUT2D eigenvalue weighted by Gasteiger charge is -2.17. The molecule has 0 unspecified atom stereocenters. The number of aryl methyl sites for hydroxylation is 1. The van der Waals surface area contributed by atoms with Gasteiger partial charge in [0.2, 0.25) is 0 Å². The second-order valence-electron chi connectivity index (χ2n) is 4.95. The molecule has 2 rings (SSSR count). The molecule has 0 saturated carbocycles. The van der Waals surface area contributed by atoms with Crippen LogP contribution in [0.25, 0.3) is 0 Å². The summed E-state index contributed by atoms with van der Waals surface area (Å²) in [6.45, 7) is 3.16. The van der Waals surface area contributed by atoms with Crippen LogP contribution in [0.3, 0.4) is 0 Å². The molecular weight excluding hydrogens is 357 g/mol. The number of hydrogen-bond donors (Lipinski definition) is 0. The highest BCUT2D eigenvalue weighted by Crippen LogP contribution is 2.31. The number of alkyl halides is 2. The van der Waals surface area contributed by atoms with Gasteiger partial charge in [-0.3, -0.25) is 9.78 Å². The molecule has 0 radical (unpaired) electrons. The van der Waals surface area contributed by atoms with Gasteiger partial charge in [0.05, 0.1) is 17.3 Å². The quantitative estimate of drug-likeness (QED) is 0.557. The first kappa shape index (κ1) is 19.8. The molecule has 0 saturated heterocycles. The normalized spacial score (nSPS) is 10.1. The summed E-state index contributed by atoms with van der Waals surface area (Å²) in [6, 6.07) is 10.0. The lowest BCUT2D eigenvalue weighted by atomic mass is 10.0. The average Bonchev–Trinajstić information content (AvgIpc) is 2.50. The molecule has 0 aliphatic rings. The van der Waals surface area contributed by atoms with Gasteiger partial charge in [-0.25, -0.2) is 0 Å². The first-order valence-electron chi connectivity index (χ1n) is 6.92. The third-order valence-corrected chi connectivity index (χ3v) is 3.88. The molecular formula is C17H18Cl3NO2. The van der Waals surface area contributed by atoms with Crippen LogP contribution in [0.15, 0.2) is 30.3 Å². The van der Waals surface area contributed by atoms with Crippen molar-refractivity contribution in [2.45, 2.75) is 32.0 Å². The number of esters is 1. The number of nitrogens with zero attached hydrogens (tertiary/aromatic N) is 1. The minimum Gasteiger partial charge on any atom is -0.424 e. The monoisotopic (exact) mass is 373 g/mol. The zero-order chi connectivity index (χ0) is 16.1. The molecule has 0 fully saturated rings. The Labute approximate surface area is 152 Å². The van der Waals surface area contributed by atoms with E-state index in [0.29, 0.717) is 17.9 Å². The number of carbonyl (C=O) groups is 1. The Morgan fingerprint density at radius 2 is 1.74 bits per heavy atom. The lowest BCUT2D eigenvalue weighted by molar-refractivity contribution is -0.132. The van der Waals surface area contributed by atoms with Crippen molar-refractivity contribution >= 4 is 41.6 Å². The summed E-state index contributed by atoms with van der Waals surface area (Å²) in [5.74, 6) is 0.518. The fourth-order valence-electron chi connectivity index (χ4n) is 2.36. The Morgan fingerprint density at radius 3 is 2.26 bits per heavy atom. The minimum absolute atomic E-state index is 0. The van der Waals surface area contributed by atoms with Gasteiger partial charge in [-0.1, -0.05) is 30.3 Å². The number of benzene rings is 1. The highest BCUT2D eigenvalue weighted by molar-refractivity contribution is 6.19. The summed E-state index contributed by atoms with van der Waals surface area (Å²) in [5.41, 5.74) is 4.23. The first-order chi connectivity index (χ1) is 10.6. The molecule has 0 atom stereocenters. The third-order valence-electron chi connectivity index (χ3n) is 3.35. The molecule has 3 nitrogen and oxygen atoms in total. The van der Waals surface area contributed by atoms with E-state index in [1.807, 2.05) is 30.3 Å². The van der Waals surface area contributed by atoms with Gasteiger partial charge in [0.15, 0.2) is 5.75 Å². The maximum atomic E-state index is 11.3. The molecule has 1 heterocycles. The molecule has 0 aliphatic carbocycles. The molecule has 2 aromatic rings. The lowest BCUT2D eigenvalue weighted by Crippen LogP contribution is -2.11. The summed E-state index contributed by atoms with van der Waals surface area (Å²) < 4.78 is 5.27. The molecule has 0 spiro atoms. The number of pyridine rings is 1. The van der Waals surface area contributed by atoms with Gasteiger partial charge in [0.25, 0.3) is 0 Å². The van der Waals surface area contributed by atoms with Crippen molar-refractivity contribution in [2.24, 2.45) is 0 Å². The smallest absolute Gasteiger partial charge is 0.308 e. The zero-order valence-corrected chi connectivity index (χ0v) is 15.3. The number of ether oxygens (including phenoxy) is 1. The number of hydrogen-bond acceptors (Lipinski definition) is 3. The van der Waals surface area contributed by atoms with E-state index in [1.54, 1.807) is 6.92 Å². The largest absolute Gasteiger partial charge is 0.424 e. The SMILES string of the molecule is CC(=O)Oc1c(C)nc(Cc2ccccc2)c(CCl)c1CCl.Cl. The fourth-order valence-corrected chi connectivity index (χ4v) is 2.96. The van der Waals surface area contributed by atoms with Crippen molar-refractivity contribution in [3.8, 4) is 5.75 Å². The van der Waals surface area contributed by atoms with Crippen molar-refractivity contribution < 1.29 is 9.53 Å². The second kappa shape index (κ2) is 9.11.